The average molecular weight is 540 g/mol. The summed E-state index contributed by atoms with van der Waals surface area (Å²) < 4.78 is 41.8. The van der Waals surface area contributed by atoms with E-state index in [-0.39, 0.29) is 29.1 Å². The summed E-state index contributed by atoms with van der Waals surface area (Å²) in [7, 11) is -4.23. The number of carbonyl (C=O) groups is 2. The molecular formula is C29H34FN3O4S. The van der Waals surface area contributed by atoms with Gasteiger partial charge in [0.1, 0.15) is 18.4 Å². The molecule has 0 saturated carbocycles. The molecular weight excluding hydrogens is 505 g/mol. The molecule has 2 unspecified atom stereocenters. The van der Waals surface area contributed by atoms with Gasteiger partial charge in [-0.25, -0.2) is 12.8 Å². The van der Waals surface area contributed by atoms with Gasteiger partial charge in [-0.15, -0.1) is 0 Å². The molecule has 3 aromatic rings. The van der Waals surface area contributed by atoms with Crippen LogP contribution in [0.5, 0.6) is 0 Å². The second kappa shape index (κ2) is 12.7. The lowest BCUT2D eigenvalue weighted by atomic mass is 10.1. The van der Waals surface area contributed by atoms with Crippen molar-refractivity contribution in [3.05, 3.63) is 95.8 Å². The van der Waals surface area contributed by atoms with Gasteiger partial charge in [0, 0.05) is 12.6 Å². The minimum absolute atomic E-state index is 0.0833. The van der Waals surface area contributed by atoms with Crippen molar-refractivity contribution in [1.82, 2.24) is 10.2 Å². The van der Waals surface area contributed by atoms with Crippen LogP contribution in [-0.4, -0.2) is 43.8 Å². The van der Waals surface area contributed by atoms with Crippen molar-refractivity contribution >= 4 is 27.5 Å². The van der Waals surface area contributed by atoms with E-state index in [0.717, 1.165) is 34.0 Å². The minimum atomic E-state index is -4.23. The van der Waals surface area contributed by atoms with E-state index in [1.54, 1.807) is 37.3 Å². The van der Waals surface area contributed by atoms with E-state index in [9.17, 15) is 22.4 Å². The molecule has 9 heteroatoms. The molecule has 0 aliphatic rings. The second-order valence-corrected chi connectivity index (χ2v) is 11.1. The molecule has 1 N–H and O–H groups in total. The maximum absolute atomic E-state index is 13.9. The van der Waals surface area contributed by atoms with Gasteiger partial charge in [0.15, 0.2) is 0 Å². The van der Waals surface area contributed by atoms with Crippen LogP contribution in [0.1, 0.15) is 38.3 Å². The average Bonchev–Trinajstić information content (AvgIpc) is 2.91. The number of hydrogen-bond donors (Lipinski definition) is 1. The molecule has 0 aliphatic heterocycles. The molecule has 202 valence electrons. The molecule has 0 fully saturated rings. The predicted octanol–water partition coefficient (Wildman–Crippen LogP) is 4.66. The number of carbonyl (C=O) groups excluding carboxylic acids is 2. The zero-order chi connectivity index (χ0) is 27.9. The van der Waals surface area contributed by atoms with Crippen LogP contribution in [0.25, 0.3) is 0 Å². The number of benzene rings is 3. The van der Waals surface area contributed by atoms with Gasteiger partial charge in [-0.05, 0) is 74.7 Å². The van der Waals surface area contributed by atoms with Crippen LogP contribution < -0.4 is 9.62 Å². The van der Waals surface area contributed by atoms with Crippen molar-refractivity contribution < 1.29 is 22.4 Å². The standard InChI is InChI=1S/C29H34FN3O4S/c1-5-22(3)31-29(35)23(4)32(19-24-12-10-9-11-21(24)2)28(34)20-33(26-13-7-6-8-14-26)38(36,37)27-17-15-25(30)16-18-27/h6-18,22-23H,5,19-20H2,1-4H3,(H,31,35). The summed E-state index contributed by atoms with van der Waals surface area (Å²) in [5.74, 6) is -1.44. The van der Waals surface area contributed by atoms with Crippen molar-refractivity contribution in [2.75, 3.05) is 10.8 Å². The van der Waals surface area contributed by atoms with E-state index in [1.165, 1.54) is 17.0 Å². The Bertz CT molecular complexity index is 1350. The first-order chi connectivity index (χ1) is 18.0. The van der Waals surface area contributed by atoms with E-state index < -0.39 is 34.3 Å². The maximum Gasteiger partial charge on any atom is 0.264 e. The molecule has 7 nitrogen and oxygen atoms in total. The highest BCUT2D eigenvalue weighted by atomic mass is 32.2. The van der Waals surface area contributed by atoms with Gasteiger partial charge in [-0.1, -0.05) is 49.4 Å². The number of nitrogens with one attached hydrogen (secondary N) is 1. The van der Waals surface area contributed by atoms with E-state index >= 15 is 0 Å². The third kappa shape index (κ3) is 6.98. The van der Waals surface area contributed by atoms with Crippen LogP contribution in [0.4, 0.5) is 10.1 Å². The largest absolute Gasteiger partial charge is 0.352 e. The number of hydrogen-bond acceptors (Lipinski definition) is 4. The van der Waals surface area contributed by atoms with Gasteiger partial charge < -0.3 is 10.2 Å². The fraction of sp³-hybridized carbons (Fsp3) is 0.310. The Kier molecular flexibility index (Phi) is 9.63. The van der Waals surface area contributed by atoms with Crippen LogP contribution in [0.2, 0.25) is 0 Å². The molecule has 3 rings (SSSR count). The molecule has 0 saturated heterocycles. The molecule has 0 aromatic heterocycles. The Morgan fingerprint density at radius 2 is 1.53 bits per heavy atom. The summed E-state index contributed by atoms with van der Waals surface area (Å²) >= 11 is 0. The number of anilines is 1. The predicted molar refractivity (Wildman–Crippen MR) is 146 cm³/mol. The van der Waals surface area contributed by atoms with Crippen molar-refractivity contribution in [2.45, 2.75) is 57.6 Å². The SMILES string of the molecule is CCC(C)NC(=O)C(C)N(Cc1ccccc1C)C(=O)CN(c1ccccc1)S(=O)(=O)c1ccc(F)cc1. The second-order valence-electron chi connectivity index (χ2n) is 9.24. The molecule has 0 spiro atoms. The highest BCUT2D eigenvalue weighted by Gasteiger charge is 2.32. The van der Waals surface area contributed by atoms with Crippen LogP contribution in [0, 0.1) is 12.7 Å². The molecule has 0 aliphatic carbocycles. The molecule has 2 amide bonds. The fourth-order valence-corrected chi connectivity index (χ4v) is 5.29. The van der Waals surface area contributed by atoms with Crippen molar-refractivity contribution in [2.24, 2.45) is 0 Å². The lowest BCUT2D eigenvalue weighted by Gasteiger charge is -2.32. The van der Waals surface area contributed by atoms with Crippen LogP contribution >= 0.6 is 0 Å². The topological polar surface area (TPSA) is 86.8 Å². The first kappa shape index (κ1) is 28.8. The number of amides is 2. The minimum Gasteiger partial charge on any atom is -0.352 e. The summed E-state index contributed by atoms with van der Waals surface area (Å²) in [6.45, 7) is 6.96. The summed E-state index contributed by atoms with van der Waals surface area (Å²) in [6.07, 6.45) is 0.724. The van der Waals surface area contributed by atoms with E-state index in [1.807, 2.05) is 45.0 Å². The monoisotopic (exact) mass is 539 g/mol. The van der Waals surface area contributed by atoms with Gasteiger partial charge in [0.2, 0.25) is 11.8 Å². The number of para-hydroxylation sites is 1. The number of nitrogens with zero attached hydrogens (tertiary/aromatic N) is 2. The van der Waals surface area contributed by atoms with Crippen molar-refractivity contribution in [3.8, 4) is 0 Å². The van der Waals surface area contributed by atoms with E-state index in [0.29, 0.717) is 0 Å². The number of rotatable bonds is 11. The zero-order valence-corrected chi connectivity index (χ0v) is 22.9. The third-order valence-electron chi connectivity index (χ3n) is 6.49. The lowest BCUT2D eigenvalue weighted by Crippen LogP contribution is -2.52. The Labute approximate surface area is 224 Å². The molecule has 0 bridgehead atoms. The van der Waals surface area contributed by atoms with Gasteiger partial charge in [-0.3, -0.25) is 13.9 Å². The Morgan fingerprint density at radius 3 is 2.13 bits per heavy atom. The molecule has 0 heterocycles. The zero-order valence-electron chi connectivity index (χ0n) is 22.1. The normalized spacial score (nSPS) is 12.9. The third-order valence-corrected chi connectivity index (χ3v) is 8.28. The van der Waals surface area contributed by atoms with Crippen molar-refractivity contribution in [1.29, 1.82) is 0 Å². The number of halogens is 1. The Balaban J connectivity index is 2.01. The van der Waals surface area contributed by atoms with Gasteiger partial charge in [0.25, 0.3) is 10.0 Å². The summed E-state index contributed by atoms with van der Waals surface area (Å²) in [5, 5.41) is 2.91. The highest BCUT2D eigenvalue weighted by Crippen LogP contribution is 2.25. The maximum atomic E-state index is 13.9. The van der Waals surface area contributed by atoms with E-state index in [2.05, 4.69) is 5.32 Å². The molecule has 38 heavy (non-hydrogen) atoms. The highest BCUT2D eigenvalue weighted by molar-refractivity contribution is 7.92. The number of sulfonamides is 1. The lowest BCUT2D eigenvalue weighted by molar-refractivity contribution is -0.139. The van der Waals surface area contributed by atoms with Crippen LogP contribution in [0.15, 0.2) is 83.8 Å². The molecule has 0 radical (unpaired) electrons. The number of aryl methyl sites for hydroxylation is 1. The summed E-state index contributed by atoms with van der Waals surface area (Å²) in [6, 6.07) is 19.3. The summed E-state index contributed by atoms with van der Waals surface area (Å²) in [4.78, 5) is 28.2. The van der Waals surface area contributed by atoms with Gasteiger partial charge >= 0.3 is 0 Å². The molecule has 3 aromatic carbocycles. The van der Waals surface area contributed by atoms with E-state index in [4.69, 9.17) is 0 Å². The smallest absolute Gasteiger partial charge is 0.264 e. The van der Waals surface area contributed by atoms with Gasteiger partial charge in [-0.2, -0.15) is 0 Å². The first-order valence-electron chi connectivity index (χ1n) is 12.5. The van der Waals surface area contributed by atoms with Crippen LogP contribution in [-0.2, 0) is 26.2 Å². The molecule has 2 atom stereocenters. The van der Waals surface area contributed by atoms with Gasteiger partial charge in [0.05, 0.1) is 10.6 Å². The van der Waals surface area contributed by atoms with Crippen molar-refractivity contribution in [3.63, 3.8) is 0 Å². The first-order valence-corrected chi connectivity index (χ1v) is 14.0. The van der Waals surface area contributed by atoms with Crippen LogP contribution in [0.3, 0.4) is 0 Å². The fourth-order valence-electron chi connectivity index (χ4n) is 3.88. The summed E-state index contributed by atoms with van der Waals surface area (Å²) in [5.41, 5.74) is 2.06. The Morgan fingerprint density at radius 1 is 0.921 bits per heavy atom. The Hall–Kier alpha value is -3.72. The quantitative estimate of drug-likeness (QED) is 0.384.